The molecule has 0 amide bonds. The minimum Gasteiger partial charge on any atom is -0.103 e. The van der Waals surface area contributed by atoms with Gasteiger partial charge in [0, 0.05) is 0 Å². The molecule has 0 nitrogen and oxygen atoms in total. The summed E-state index contributed by atoms with van der Waals surface area (Å²) < 4.78 is 0. The van der Waals surface area contributed by atoms with Crippen molar-refractivity contribution in [2.75, 3.05) is 0 Å². The van der Waals surface area contributed by atoms with Crippen LogP contribution in [0.3, 0.4) is 0 Å². The molecule has 0 spiro atoms. The van der Waals surface area contributed by atoms with Crippen LogP contribution in [-0.4, -0.2) is 0 Å². The van der Waals surface area contributed by atoms with Gasteiger partial charge in [-0.05, 0) is 48.5 Å². The van der Waals surface area contributed by atoms with Gasteiger partial charge in [-0.15, -0.1) is 11.8 Å². The maximum absolute atomic E-state index is 4.04. The van der Waals surface area contributed by atoms with Gasteiger partial charge in [0.05, 0.1) is 0 Å². The summed E-state index contributed by atoms with van der Waals surface area (Å²) >= 11 is 1.77. The van der Waals surface area contributed by atoms with Crippen LogP contribution >= 0.6 is 11.8 Å². The van der Waals surface area contributed by atoms with E-state index in [-0.39, 0.29) is 0 Å². The molecule has 1 saturated carbocycles. The van der Waals surface area contributed by atoms with E-state index in [0.29, 0.717) is 0 Å². The third kappa shape index (κ3) is 2.90. The first-order valence-electron chi connectivity index (χ1n) is 4.29. The van der Waals surface area contributed by atoms with Crippen molar-refractivity contribution in [2.24, 2.45) is 5.92 Å². The Morgan fingerprint density at radius 2 is 1.92 bits per heavy atom. The highest BCUT2D eigenvalue weighted by Crippen LogP contribution is 2.41. The molecule has 1 rings (SSSR count). The fourth-order valence-electron chi connectivity index (χ4n) is 0.766. The van der Waals surface area contributed by atoms with Crippen LogP contribution in [0.2, 0.25) is 0 Å². The molecule has 1 aliphatic rings. The predicted octanol–water partition coefficient (Wildman–Crippen LogP) is 4.12. The molecule has 12 heavy (non-hydrogen) atoms. The second-order valence-electron chi connectivity index (χ2n) is 3.44. The standard InChI is InChI=1S/C11H16S/c1-8(2)9(3)7-12-10(4)11-5-6-11/h7,11H,1,4-6H2,2-3H3/b9-7+. The molecule has 0 bridgehead atoms. The molecular weight excluding hydrogens is 164 g/mol. The zero-order chi connectivity index (χ0) is 9.14. The van der Waals surface area contributed by atoms with Gasteiger partial charge in [0.1, 0.15) is 0 Å². The summed E-state index contributed by atoms with van der Waals surface area (Å²) in [6.07, 6.45) is 2.68. The number of allylic oxidation sites excluding steroid dienone is 3. The third-order valence-electron chi connectivity index (χ3n) is 2.09. The van der Waals surface area contributed by atoms with Crippen molar-refractivity contribution in [1.82, 2.24) is 0 Å². The lowest BCUT2D eigenvalue weighted by atomic mass is 10.2. The highest BCUT2D eigenvalue weighted by molar-refractivity contribution is 8.05. The van der Waals surface area contributed by atoms with Gasteiger partial charge in [-0.25, -0.2) is 0 Å². The zero-order valence-electron chi connectivity index (χ0n) is 7.89. The Hall–Kier alpha value is -0.430. The number of hydrogen-bond acceptors (Lipinski definition) is 1. The van der Waals surface area contributed by atoms with Crippen LogP contribution in [0.5, 0.6) is 0 Å². The van der Waals surface area contributed by atoms with Gasteiger partial charge in [0.15, 0.2) is 0 Å². The smallest absolute Gasteiger partial charge is 0.0104 e. The van der Waals surface area contributed by atoms with Gasteiger partial charge >= 0.3 is 0 Å². The van der Waals surface area contributed by atoms with E-state index >= 15 is 0 Å². The number of rotatable bonds is 4. The third-order valence-corrected chi connectivity index (χ3v) is 3.20. The van der Waals surface area contributed by atoms with E-state index in [4.69, 9.17) is 0 Å². The monoisotopic (exact) mass is 180 g/mol. The summed E-state index contributed by atoms with van der Waals surface area (Å²) in [6.45, 7) is 12.0. The summed E-state index contributed by atoms with van der Waals surface area (Å²) in [5.41, 5.74) is 2.41. The van der Waals surface area contributed by atoms with Crippen LogP contribution in [0.25, 0.3) is 0 Å². The van der Waals surface area contributed by atoms with Gasteiger partial charge in [-0.2, -0.15) is 0 Å². The molecule has 0 aromatic rings. The van der Waals surface area contributed by atoms with Crippen molar-refractivity contribution in [3.8, 4) is 0 Å². The molecule has 0 aliphatic heterocycles. The lowest BCUT2D eigenvalue weighted by Gasteiger charge is -2.00. The van der Waals surface area contributed by atoms with Crippen molar-refractivity contribution in [2.45, 2.75) is 26.7 Å². The largest absolute Gasteiger partial charge is 0.103 e. The molecule has 0 atom stereocenters. The Labute approximate surface area is 79.4 Å². The quantitative estimate of drug-likeness (QED) is 0.586. The lowest BCUT2D eigenvalue weighted by molar-refractivity contribution is 1.11. The molecule has 0 unspecified atom stereocenters. The van der Waals surface area contributed by atoms with Crippen molar-refractivity contribution >= 4 is 11.8 Å². The molecule has 1 fully saturated rings. The van der Waals surface area contributed by atoms with Crippen LogP contribution in [0.1, 0.15) is 26.7 Å². The maximum Gasteiger partial charge on any atom is -0.0104 e. The van der Waals surface area contributed by atoms with Crippen molar-refractivity contribution in [3.63, 3.8) is 0 Å². The van der Waals surface area contributed by atoms with Crippen LogP contribution in [0.15, 0.2) is 34.6 Å². The summed E-state index contributed by atoms with van der Waals surface area (Å²) in [4.78, 5) is 1.32. The average Bonchev–Trinajstić information content (AvgIpc) is 2.81. The molecule has 0 heterocycles. The predicted molar refractivity (Wildman–Crippen MR) is 58.0 cm³/mol. The topological polar surface area (TPSA) is 0 Å². The molecular formula is C11H16S. The Bertz CT molecular complexity index is 231. The second kappa shape index (κ2) is 3.99. The Balaban J connectivity index is 2.36. The van der Waals surface area contributed by atoms with Gasteiger partial charge in [0.2, 0.25) is 0 Å². The molecule has 0 N–H and O–H groups in total. The molecule has 0 aromatic heterocycles. The normalized spacial score (nSPS) is 17.7. The van der Waals surface area contributed by atoms with E-state index < -0.39 is 0 Å². The van der Waals surface area contributed by atoms with Gasteiger partial charge in [-0.3, -0.25) is 0 Å². The van der Waals surface area contributed by atoms with Crippen LogP contribution in [-0.2, 0) is 0 Å². The van der Waals surface area contributed by atoms with Crippen LogP contribution in [0.4, 0.5) is 0 Å². The van der Waals surface area contributed by atoms with Crippen molar-refractivity contribution in [1.29, 1.82) is 0 Å². The van der Waals surface area contributed by atoms with E-state index in [1.807, 2.05) is 6.92 Å². The summed E-state index contributed by atoms with van der Waals surface area (Å²) in [7, 11) is 0. The SMILES string of the molecule is C=C(C)/C(C)=C/SC(=C)C1CC1. The molecule has 1 aliphatic carbocycles. The van der Waals surface area contributed by atoms with Gasteiger partial charge < -0.3 is 0 Å². The summed E-state index contributed by atoms with van der Waals surface area (Å²) in [6, 6.07) is 0. The van der Waals surface area contributed by atoms with Crippen LogP contribution in [0, 0.1) is 5.92 Å². The van der Waals surface area contributed by atoms with Crippen molar-refractivity contribution in [3.05, 3.63) is 34.6 Å². The highest BCUT2D eigenvalue weighted by Gasteiger charge is 2.24. The minimum absolute atomic E-state index is 0.796. The van der Waals surface area contributed by atoms with E-state index in [2.05, 4.69) is 25.5 Å². The minimum atomic E-state index is 0.796. The molecule has 1 heteroatoms. The van der Waals surface area contributed by atoms with E-state index in [9.17, 15) is 0 Å². The van der Waals surface area contributed by atoms with Gasteiger partial charge in [0.25, 0.3) is 0 Å². The first kappa shape index (κ1) is 9.66. The lowest BCUT2D eigenvalue weighted by Crippen LogP contribution is -1.76. The Kier molecular flexibility index (Phi) is 3.21. The molecule has 0 saturated heterocycles. The second-order valence-corrected chi connectivity index (χ2v) is 4.44. The molecule has 0 radical (unpaired) electrons. The Morgan fingerprint density at radius 1 is 1.33 bits per heavy atom. The first-order chi connectivity index (χ1) is 5.61. The highest BCUT2D eigenvalue weighted by atomic mass is 32.2. The summed E-state index contributed by atoms with van der Waals surface area (Å²) in [5, 5.41) is 2.16. The zero-order valence-corrected chi connectivity index (χ0v) is 8.71. The number of thioether (sulfide) groups is 1. The fourth-order valence-corrected chi connectivity index (χ4v) is 1.72. The average molecular weight is 180 g/mol. The fraction of sp³-hybridized carbons (Fsp3) is 0.455. The summed E-state index contributed by atoms with van der Waals surface area (Å²) in [5.74, 6) is 0.796. The van der Waals surface area contributed by atoms with E-state index in [1.54, 1.807) is 11.8 Å². The van der Waals surface area contributed by atoms with Crippen LogP contribution < -0.4 is 0 Å². The Morgan fingerprint density at radius 3 is 2.33 bits per heavy atom. The van der Waals surface area contributed by atoms with Crippen molar-refractivity contribution < 1.29 is 0 Å². The number of hydrogen-bond donors (Lipinski definition) is 0. The van der Waals surface area contributed by atoms with E-state index in [1.165, 1.54) is 23.3 Å². The molecule has 66 valence electrons. The van der Waals surface area contributed by atoms with Gasteiger partial charge in [-0.1, -0.05) is 18.7 Å². The first-order valence-corrected chi connectivity index (χ1v) is 5.17. The maximum atomic E-state index is 4.04. The van der Waals surface area contributed by atoms with E-state index in [0.717, 1.165) is 11.5 Å². The molecule has 0 aromatic carbocycles.